The van der Waals surface area contributed by atoms with Gasteiger partial charge in [0.25, 0.3) is 5.91 Å². The molecule has 1 aromatic heterocycles. The third kappa shape index (κ3) is 5.28. The summed E-state index contributed by atoms with van der Waals surface area (Å²) in [5.41, 5.74) is 3.84. The van der Waals surface area contributed by atoms with Crippen LogP contribution in [0.15, 0.2) is 64.1 Å². The molecule has 0 atom stereocenters. The quantitative estimate of drug-likeness (QED) is 0.449. The number of ether oxygens (including phenoxy) is 1. The van der Waals surface area contributed by atoms with Crippen LogP contribution >= 0.6 is 0 Å². The molecule has 0 aliphatic rings. The van der Waals surface area contributed by atoms with E-state index in [1.165, 1.54) is 30.5 Å². The number of halogens is 3. The number of amides is 1. The molecule has 2 aromatic carbocycles. The van der Waals surface area contributed by atoms with Crippen LogP contribution in [0.1, 0.15) is 22.5 Å². The first kappa shape index (κ1) is 21.2. The molecule has 0 bridgehead atoms. The second-order valence-corrected chi connectivity index (χ2v) is 6.56. The predicted molar refractivity (Wildman–Crippen MR) is 106 cm³/mol. The molecule has 3 rings (SSSR count). The van der Waals surface area contributed by atoms with Crippen LogP contribution in [0.25, 0.3) is 11.3 Å². The van der Waals surface area contributed by atoms with Crippen molar-refractivity contribution in [3.05, 3.63) is 77.0 Å². The third-order valence-corrected chi connectivity index (χ3v) is 4.40. The Balaban J connectivity index is 1.57. The highest BCUT2D eigenvalue weighted by atomic mass is 19.4. The fourth-order valence-electron chi connectivity index (χ4n) is 2.65. The number of hydrazone groups is 1. The molecule has 156 valence electrons. The van der Waals surface area contributed by atoms with Crippen LogP contribution in [0.2, 0.25) is 0 Å². The van der Waals surface area contributed by atoms with Crippen LogP contribution in [0.3, 0.4) is 0 Å². The van der Waals surface area contributed by atoms with Gasteiger partial charge in [-0.15, -0.1) is 0 Å². The summed E-state index contributed by atoms with van der Waals surface area (Å²) in [5.74, 6) is 0.688. The van der Waals surface area contributed by atoms with E-state index in [0.29, 0.717) is 5.75 Å². The molecule has 1 amide bonds. The van der Waals surface area contributed by atoms with Crippen LogP contribution in [-0.4, -0.2) is 18.7 Å². The van der Waals surface area contributed by atoms with Gasteiger partial charge in [0.1, 0.15) is 17.3 Å². The number of alkyl halides is 3. The molecule has 0 fully saturated rings. The van der Waals surface area contributed by atoms with Crippen molar-refractivity contribution in [2.24, 2.45) is 5.10 Å². The number of carbonyl (C=O) groups excluding carboxylic acids is 1. The van der Waals surface area contributed by atoms with Crippen molar-refractivity contribution in [3.63, 3.8) is 0 Å². The summed E-state index contributed by atoms with van der Waals surface area (Å²) in [7, 11) is 0. The summed E-state index contributed by atoms with van der Waals surface area (Å²) in [6.07, 6.45) is -3.18. The third-order valence-electron chi connectivity index (χ3n) is 4.40. The topological polar surface area (TPSA) is 63.8 Å². The summed E-state index contributed by atoms with van der Waals surface area (Å²) in [5, 5.41) is 3.78. The van der Waals surface area contributed by atoms with E-state index in [0.717, 1.165) is 23.3 Å². The predicted octanol–water partition coefficient (Wildman–Crippen LogP) is 5.11. The number of hydrogen-bond acceptors (Lipinski definition) is 4. The van der Waals surface area contributed by atoms with Gasteiger partial charge in [0.05, 0.1) is 11.8 Å². The average Bonchev–Trinajstić information content (AvgIpc) is 3.17. The highest BCUT2D eigenvalue weighted by molar-refractivity contribution is 5.81. The molecule has 0 unspecified atom stereocenters. The first-order valence-corrected chi connectivity index (χ1v) is 9.02. The summed E-state index contributed by atoms with van der Waals surface area (Å²) in [6.45, 7) is 3.64. The van der Waals surface area contributed by atoms with Crippen molar-refractivity contribution >= 4 is 12.1 Å². The lowest BCUT2D eigenvalue weighted by Crippen LogP contribution is -2.24. The molecule has 1 heterocycles. The summed E-state index contributed by atoms with van der Waals surface area (Å²) in [4.78, 5) is 11.9. The number of nitrogens with zero attached hydrogens (tertiary/aromatic N) is 1. The highest BCUT2D eigenvalue weighted by Crippen LogP contribution is 2.32. The minimum atomic E-state index is -4.43. The Morgan fingerprint density at radius 1 is 1.13 bits per heavy atom. The first-order chi connectivity index (χ1) is 14.2. The maximum absolute atomic E-state index is 12.8. The number of carbonyl (C=O) groups is 1. The van der Waals surface area contributed by atoms with Crippen LogP contribution in [0, 0.1) is 13.8 Å². The lowest BCUT2D eigenvalue weighted by molar-refractivity contribution is -0.137. The minimum absolute atomic E-state index is 0.213. The van der Waals surface area contributed by atoms with Crippen molar-refractivity contribution in [2.45, 2.75) is 20.0 Å². The molecule has 0 radical (unpaired) electrons. The van der Waals surface area contributed by atoms with Gasteiger partial charge < -0.3 is 9.15 Å². The normalized spacial score (nSPS) is 11.6. The van der Waals surface area contributed by atoms with E-state index in [2.05, 4.69) is 10.5 Å². The van der Waals surface area contributed by atoms with Crippen LogP contribution in [0.5, 0.6) is 5.75 Å². The van der Waals surface area contributed by atoms with Crippen LogP contribution < -0.4 is 10.2 Å². The van der Waals surface area contributed by atoms with E-state index in [-0.39, 0.29) is 23.7 Å². The Morgan fingerprint density at radius 2 is 1.90 bits per heavy atom. The fraction of sp³-hybridized carbons (Fsp3) is 0.182. The molecule has 5 nitrogen and oxygen atoms in total. The van der Waals surface area contributed by atoms with Crippen molar-refractivity contribution in [1.29, 1.82) is 0 Å². The number of hydrogen-bond donors (Lipinski definition) is 1. The zero-order valence-electron chi connectivity index (χ0n) is 16.3. The second kappa shape index (κ2) is 8.86. The van der Waals surface area contributed by atoms with E-state index in [4.69, 9.17) is 9.15 Å². The van der Waals surface area contributed by atoms with Crippen molar-refractivity contribution in [3.8, 4) is 17.1 Å². The van der Waals surface area contributed by atoms with E-state index >= 15 is 0 Å². The largest absolute Gasteiger partial charge is 0.483 e. The number of aryl methyl sites for hydroxylation is 1. The molecular weight excluding hydrogens is 397 g/mol. The number of nitrogens with one attached hydrogen (secondary N) is 1. The molecule has 0 saturated carbocycles. The van der Waals surface area contributed by atoms with Gasteiger partial charge in [-0.2, -0.15) is 18.3 Å². The molecule has 30 heavy (non-hydrogen) atoms. The van der Waals surface area contributed by atoms with E-state index in [1.807, 2.05) is 26.0 Å². The van der Waals surface area contributed by atoms with E-state index < -0.39 is 17.6 Å². The molecule has 0 aliphatic heterocycles. The van der Waals surface area contributed by atoms with Crippen molar-refractivity contribution < 1.29 is 27.1 Å². The zero-order valence-corrected chi connectivity index (χ0v) is 16.3. The maximum Gasteiger partial charge on any atom is 0.416 e. The lowest BCUT2D eigenvalue weighted by atomic mass is 10.1. The Morgan fingerprint density at radius 3 is 2.67 bits per heavy atom. The van der Waals surface area contributed by atoms with Gasteiger partial charge in [-0.25, -0.2) is 5.43 Å². The minimum Gasteiger partial charge on any atom is -0.483 e. The average molecular weight is 416 g/mol. The summed E-state index contributed by atoms with van der Waals surface area (Å²) < 4.78 is 49.5. The van der Waals surface area contributed by atoms with Gasteiger partial charge in [-0.3, -0.25) is 4.79 Å². The Bertz CT molecular complexity index is 1070. The van der Waals surface area contributed by atoms with Crippen molar-refractivity contribution in [1.82, 2.24) is 5.43 Å². The molecule has 0 spiro atoms. The molecule has 3 aromatic rings. The summed E-state index contributed by atoms with van der Waals surface area (Å²) in [6, 6.07) is 13.5. The monoisotopic (exact) mass is 416 g/mol. The second-order valence-electron chi connectivity index (χ2n) is 6.56. The SMILES string of the molecule is Cc1cccc(OCC(=O)NN=Cc2ccc(-c3cccc(C(F)(F)F)c3)o2)c1C. The molecule has 0 saturated heterocycles. The zero-order chi connectivity index (χ0) is 21.7. The van der Waals surface area contributed by atoms with E-state index in [9.17, 15) is 18.0 Å². The number of furan rings is 1. The van der Waals surface area contributed by atoms with Crippen LogP contribution in [0.4, 0.5) is 13.2 Å². The Labute approximate surface area is 171 Å². The fourth-order valence-corrected chi connectivity index (χ4v) is 2.65. The van der Waals surface area contributed by atoms with Crippen molar-refractivity contribution in [2.75, 3.05) is 6.61 Å². The first-order valence-electron chi connectivity index (χ1n) is 9.02. The van der Waals surface area contributed by atoms with Gasteiger partial charge in [0, 0.05) is 5.56 Å². The standard InChI is InChI=1S/C22H19F3N2O3/c1-14-5-3-8-19(15(14)2)29-13-21(28)27-26-12-18-9-10-20(30-18)16-6-4-7-17(11-16)22(23,24)25/h3-12H,13H2,1-2H3,(H,27,28). The van der Waals surface area contributed by atoms with Crippen LogP contribution in [-0.2, 0) is 11.0 Å². The molecule has 8 heteroatoms. The van der Waals surface area contributed by atoms with Gasteiger partial charge in [-0.05, 0) is 55.3 Å². The number of rotatable bonds is 6. The molecular formula is C22H19F3N2O3. The van der Waals surface area contributed by atoms with Gasteiger partial charge >= 0.3 is 6.18 Å². The number of benzene rings is 2. The smallest absolute Gasteiger partial charge is 0.416 e. The Kier molecular flexibility index (Phi) is 6.25. The van der Waals surface area contributed by atoms with Gasteiger partial charge in [0.2, 0.25) is 0 Å². The van der Waals surface area contributed by atoms with Gasteiger partial charge in [-0.1, -0.05) is 24.3 Å². The molecule has 0 aliphatic carbocycles. The summed E-state index contributed by atoms with van der Waals surface area (Å²) >= 11 is 0. The van der Waals surface area contributed by atoms with Gasteiger partial charge in [0.15, 0.2) is 6.61 Å². The highest BCUT2D eigenvalue weighted by Gasteiger charge is 2.30. The Hall–Kier alpha value is -3.55. The maximum atomic E-state index is 12.8. The van der Waals surface area contributed by atoms with E-state index in [1.54, 1.807) is 6.07 Å². The lowest BCUT2D eigenvalue weighted by Gasteiger charge is -2.09. The molecule has 1 N–H and O–H groups in total.